The maximum absolute atomic E-state index is 5.64. The van der Waals surface area contributed by atoms with Crippen LogP contribution in [0.15, 0.2) is 236 Å². The van der Waals surface area contributed by atoms with Gasteiger partial charge in [-0.1, -0.05) is 91.5 Å². The summed E-state index contributed by atoms with van der Waals surface area (Å²) in [6.45, 7) is 4.56. The first-order valence-corrected chi connectivity index (χ1v) is 23.0. The number of ether oxygens (including phenoxy) is 4. The molecule has 0 aromatic heterocycles. The molecule has 0 amide bonds. The molecule has 7 heteroatoms. The van der Waals surface area contributed by atoms with Crippen molar-refractivity contribution in [3.05, 3.63) is 259 Å². The number of allylic oxidation sites excluding steroid dienone is 5. The summed E-state index contributed by atoms with van der Waals surface area (Å²) in [7, 11) is 6.78. The maximum Gasteiger partial charge on any atom is 0.119 e. The van der Waals surface area contributed by atoms with E-state index in [1.165, 1.54) is 11.1 Å². The lowest BCUT2D eigenvalue weighted by atomic mass is 9.63. The number of para-hydroxylation sites is 3. The van der Waals surface area contributed by atoms with E-state index in [0.717, 1.165) is 90.9 Å². The van der Waals surface area contributed by atoms with Gasteiger partial charge >= 0.3 is 0 Å². The Morgan fingerprint density at radius 1 is 0.420 bits per heavy atom. The Morgan fingerprint density at radius 3 is 1.32 bits per heavy atom. The molecule has 0 saturated heterocycles. The molecule has 0 unspecified atom stereocenters. The van der Waals surface area contributed by atoms with Gasteiger partial charge in [-0.25, -0.2) is 0 Å². The Bertz CT molecular complexity index is 3050. The number of hydrogen-bond donors (Lipinski definition) is 0. The van der Waals surface area contributed by atoms with Gasteiger partial charge in [0.1, 0.15) is 23.0 Å². The number of fused-ring (bicyclic) bond motifs is 6. The number of nitrogens with zero attached hydrogens (tertiary/aromatic N) is 3. The zero-order chi connectivity index (χ0) is 47.3. The molecular weight excluding hydrogens is 851 g/mol. The van der Waals surface area contributed by atoms with Gasteiger partial charge in [0, 0.05) is 39.8 Å². The van der Waals surface area contributed by atoms with Crippen molar-refractivity contribution in [1.29, 1.82) is 0 Å². The summed E-state index contributed by atoms with van der Waals surface area (Å²) in [5.41, 5.74) is 13.9. The molecule has 10 rings (SSSR count). The van der Waals surface area contributed by atoms with E-state index in [1.54, 1.807) is 28.4 Å². The summed E-state index contributed by atoms with van der Waals surface area (Å²) >= 11 is 0. The second-order valence-corrected chi connectivity index (χ2v) is 16.9. The fraction of sp³-hybridized carbons (Fsp3) is 0.0968. The van der Waals surface area contributed by atoms with Gasteiger partial charge < -0.3 is 33.6 Å². The molecule has 1 heterocycles. The molecule has 0 N–H and O–H groups in total. The van der Waals surface area contributed by atoms with Crippen LogP contribution in [0.3, 0.4) is 0 Å². The van der Waals surface area contributed by atoms with E-state index >= 15 is 0 Å². The highest BCUT2D eigenvalue weighted by Crippen LogP contribution is 2.58. The van der Waals surface area contributed by atoms with E-state index in [2.05, 4.69) is 197 Å². The minimum atomic E-state index is -0.754. The van der Waals surface area contributed by atoms with Crippen LogP contribution in [-0.4, -0.2) is 28.4 Å². The number of rotatable bonds is 11. The van der Waals surface area contributed by atoms with E-state index in [-0.39, 0.29) is 0 Å². The molecule has 8 aromatic rings. The summed E-state index contributed by atoms with van der Waals surface area (Å²) in [5.74, 6) is 3.13. The summed E-state index contributed by atoms with van der Waals surface area (Å²) < 4.78 is 22.6. The largest absolute Gasteiger partial charge is 0.497 e. The lowest BCUT2D eigenvalue weighted by molar-refractivity contribution is 0.414. The Morgan fingerprint density at radius 2 is 0.841 bits per heavy atom. The lowest BCUT2D eigenvalue weighted by Gasteiger charge is -2.46. The fourth-order valence-electron chi connectivity index (χ4n) is 9.76. The first-order valence-electron chi connectivity index (χ1n) is 23.0. The summed E-state index contributed by atoms with van der Waals surface area (Å²) in [4.78, 5) is 7.01. The Hall–Kier alpha value is -8.68. The van der Waals surface area contributed by atoms with Crippen molar-refractivity contribution < 1.29 is 18.9 Å². The van der Waals surface area contributed by atoms with Crippen molar-refractivity contribution in [2.24, 2.45) is 0 Å². The maximum atomic E-state index is 5.64. The van der Waals surface area contributed by atoms with Crippen LogP contribution >= 0.6 is 0 Å². The minimum absolute atomic E-state index is 0.577. The van der Waals surface area contributed by atoms with Gasteiger partial charge in [0.2, 0.25) is 0 Å². The van der Waals surface area contributed by atoms with Gasteiger partial charge in [0.05, 0.1) is 45.2 Å². The Kier molecular flexibility index (Phi) is 12.3. The van der Waals surface area contributed by atoms with E-state index in [1.807, 2.05) is 48.5 Å². The highest BCUT2D eigenvalue weighted by molar-refractivity contribution is 5.89. The molecule has 1 aliphatic heterocycles. The molecule has 0 radical (unpaired) electrons. The van der Waals surface area contributed by atoms with Gasteiger partial charge in [0.25, 0.3) is 0 Å². The van der Waals surface area contributed by atoms with Crippen molar-refractivity contribution in [2.75, 3.05) is 43.1 Å². The molecule has 8 aromatic carbocycles. The van der Waals surface area contributed by atoms with Crippen LogP contribution in [0.1, 0.15) is 28.7 Å². The van der Waals surface area contributed by atoms with Gasteiger partial charge in [-0.05, 0) is 174 Å². The first-order chi connectivity index (χ1) is 33.9. The third-order valence-electron chi connectivity index (χ3n) is 13.1. The van der Waals surface area contributed by atoms with Crippen LogP contribution in [0.2, 0.25) is 0 Å². The van der Waals surface area contributed by atoms with Gasteiger partial charge in [-0.2, -0.15) is 0 Å². The Labute approximate surface area is 405 Å². The predicted octanol–water partition coefficient (Wildman–Crippen LogP) is 15.6. The molecule has 0 fully saturated rings. The normalized spacial score (nSPS) is 14.8. The molecule has 1 spiro atoms. The molecule has 2 aliphatic rings. The number of anilines is 8. The third kappa shape index (κ3) is 8.40. The highest BCUT2D eigenvalue weighted by Gasteiger charge is 2.46. The molecule has 340 valence electrons. The first kappa shape index (κ1) is 44.2. The SMILES string of the molecule is C=C1C=Cc2ccc(N(c3ccc(OC)cc3)c3ccc(OC)cc3)cc2C2(C/C=C(N(c3ccc(OC)cc3)c3ccc(OC)cc3)\C=C/1)c1ccccc1N(c1ccccc1)c1ccccc12. The zero-order valence-corrected chi connectivity index (χ0v) is 39.3. The van der Waals surface area contributed by atoms with Crippen LogP contribution in [0.4, 0.5) is 45.5 Å². The number of benzene rings is 8. The molecule has 0 saturated carbocycles. The molecular formula is C62H53N3O4. The van der Waals surface area contributed by atoms with E-state index in [0.29, 0.717) is 6.42 Å². The highest BCUT2D eigenvalue weighted by atomic mass is 16.5. The molecule has 0 atom stereocenters. The van der Waals surface area contributed by atoms with Crippen molar-refractivity contribution in [3.8, 4) is 23.0 Å². The fourth-order valence-corrected chi connectivity index (χ4v) is 9.76. The van der Waals surface area contributed by atoms with Gasteiger partial charge in [-0.3, -0.25) is 0 Å². The van der Waals surface area contributed by atoms with E-state index in [4.69, 9.17) is 18.9 Å². The van der Waals surface area contributed by atoms with Crippen LogP contribution in [0.5, 0.6) is 23.0 Å². The van der Waals surface area contributed by atoms with Crippen molar-refractivity contribution >= 4 is 51.6 Å². The smallest absolute Gasteiger partial charge is 0.119 e. The molecule has 1 aliphatic carbocycles. The van der Waals surface area contributed by atoms with Crippen LogP contribution in [0.25, 0.3) is 6.08 Å². The minimum Gasteiger partial charge on any atom is -0.497 e. The quantitative estimate of drug-likeness (QED) is 0.128. The molecule has 69 heavy (non-hydrogen) atoms. The molecule has 7 nitrogen and oxygen atoms in total. The second-order valence-electron chi connectivity index (χ2n) is 16.9. The lowest BCUT2D eigenvalue weighted by Crippen LogP contribution is -2.37. The van der Waals surface area contributed by atoms with E-state index in [9.17, 15) is 0 Å². The average molecular weight is 904 g/mol. The van der Waals surface area contributed by atoms with Crippen molar-refractivity contribution in [3.63, 3.8) is 0 Å². The van der Waals surface area contributed by atoms with Crippen LogP contribution in [-0.2, 0) is 5.41 Å². The summed E-state index contributed by atoms with van der Waals surface area (Å²) in [6, 6.07) is 68.3. The second kappa shape index (κ2) is 19.3. The van der Waals surface area contributed by atoms with Crippen LogP contribution in [0, 0.1) is 0 Å². The summed E-state index contributed by atoms with van der Waals surface area (Å²) in [6.07, 6.45) is 11.6. The van der Waals surface area contributed by atoms with Gasteiger partial charge in [0.15, 0.2) is 0 Å². The average Bonchev–Trinajstić information content (AvgIpc) is 3.44. The monoisotopic (exact) mass is 903 g/mol. The predicted molar refractivity (Wildman–Crippen MR) is 283 cm³/mol. The van der Waals surface area contributed by atoms with Crippen molar-refractivity contribution in [1.82, 2.24) is 0 Å². The van der Waals surface area contributed by atoms with E-state index < -0.39 is 5.41 Å². The van der Waals surface area contributed by atoms with Crippen molar-refractivity contribution in [2.45, 2.75) is 11.8 Å². The standard InChI is InChI=1S/C62H53N3O4/c1-44-19-21-45-22-24-52(64(49-29-37-55(68-4)38-30-49)50-31-39-56(69-5)40-32-50)43-59(45)62(57-15-9-11-17-60(57)65(46-13-7-6-8-14-46)61-18-12-10-16-58(61)62)42-41-51(23-20-44)63(47-25-33-53(66-2)34-26-47)48-27-35-54(67-3)36-28-48/h6-41,43H,1,42H2,2-5H3/b21-19?,23-20-,51-41+. The molecule has 0 bridgehead atoms. The summed E-state index contributed by atoms with van der Waals surface area (Å²) in [5, 5.41) is 0. The topological polar surface area (TPSA) is 46.6 Å². The number of methoxy groups -OCH3 is 4. The number of hydrogen-bond acceptors (Lipinski definition) is 7. The zero-order valence-electron chi connectivity index (χ0n) is 39.3. The van der Waals surface area contributed by atoms with Gasteiger partial charge in [-0.15, -0.1) is 0 Å². The third-order valence-corrected chi connectivity index (χ3v) is 13.1. The van der Waals surface area contributed by atoms with Crippen LogP contribution < -0.4 is 33.6 Å². The Balaban J connectivity index is 1.28.